The van der Waals surface area contributed by atoms with E-state index in [4.69, 9.17) is 14.2 Å². The first kappa shape index (κ1) is 22.7. The van der Waals surface area contributed by atoms with Gasteiger partial charge in [0.15, 0.2) is 11.5 Å². The number of nitrogens with one attached hydrogen (secondary N) is 1. The minimum Gasteiger partial charge on any atom is -0.491 e. The van der Waals surface area contributed by atoms with Gasteiger partial charge in [-0.1, -0.05) is 42.5 Å². The van der Waals surface area contributed by atoms with E-state index in [0.29, 0.717) is 43.6 Å². The first-order valence-electron chi connectivity index (χ1n) is 12.9. The van der Waals surface area contributed by atoms with Gasteiger partial charge in [-0.25, -0.2) is 0 Å². The van der Waals surface area contributed by atoms with Gasteiger partial charge in [0, 0.05) is 35.6 Å². The molecule has 1 amide bonds. The molecule has 1 N–H and O–H groups in total. The molecule has 0 fully saturated rings. The van der Waals surface area contributed by atoms with Gasteiger partial charge in [-0.15, -0.1) is 0 Å². The highest BCUT2D eigenvalue weighted by molar-refractivity contribution is 6.13. The summed E-state index contributed by atoms with van der Waals surface area (Å²) in [6.07, 6.45) is 1.77. The van der Waals surface area contributed by atoms with E-state index in [-0.39, 0.29) is 12.5 Å². The van der Waals surface area contributed by atoms with Crippen LogP contribution in [0.3, 0.4) is 0 Å². The van der Waals surface area contributed by atoms with Crippen LogP contribution >= 0.6 is 0 Å². The Bertz CT molecular complexity index is 1550. The summed E-state index contributed by atoms with van der Waals surface area (Å²) >= 11 is 0. The number of ether oxygens (including phenoxy) is 3. The third kappa shape index (κ3) is 3.42. The van der Waals surface area contributed by atoms with Gasteiger partial charge in [-0.05, 0) is 42.3 Å². The molecule has 3 aliphatic heterocycles. The Hall–Kier alpha value is -4.52. The highest BCUT2D eigenvalue weighted by Gasteiger charge is 2.58. The second-order valence-electron chi connectivity index (χ2n) is 9.88. The van der Waals surface area contributed by atoms with E-state index >= 15 is 0 Å². The molecule has 0 radical (unpaired) electrons. The van der Waals surface area contributed by atoms with Crippen molar-refractivity contribution in [2.45, 2.75) is 25.4 Å². The summed E-state index contributed by atoms with van der Waals surface area (Å²) in [7, 11) is 0. The van der Waals surface area contributed by atoms with Crippen molar-refractivity contribution in [3.63, 3.8) is 0 Å². The van der Waals surface area contributed by atoms with Crippen LogP contribution in [0, 0.1) is 6.92 Å². The van der Waals surface area contributed by atoms with Crippen molar-refractivity contribution in [1.82, 2.24) is 4.98 Å². The predicted octanol–water partition coefficient (Wildman–Crippen LogP) is 5.00. The average Bonchev–Trinajstić information content (AvgIpc) is 3.44. The fourth-order valence-corrected chi connectivity index (χ4v) is 5.76. The maximum absolute atomic E-state index is 14.6. The van der Waals surface area contributed by atoms with Crippen LogP contribution < -0.4 is 24.4 Å². The molecule has 38 heavy (non-hydrogen) atoms. The molecular formula is C31H27N3O4. The van der Waals surface area contributed by atoms with Gasteiger partial charge in [0.1, 0.15) is 31.0 Å². The normalized spacial score (nSPS) is 18.8. The van der Waals surface area contributed by atoms with E-state index in [9.17, 15) is 4.79 Å². The predicted molar refractivity (Wildman–Crippen MR) is 144 cm³/mol. The number of carbonyl (C=O) groups excluding carboxylic acids is 1. The monoisotopic (exact) mass is 505 g/mol. The Morgan fingerprint density at radius 3 is 2.55 bits per heavy atom. The van der Waals surface area contributed by atoms with E-state index in [1.807, 2.05) is 72.5 Å². The third-order valence-corrected chi connectivity index (χ3v) is 7.67. The molecule has 0 saturated heterocycles. The third-order valence-electron chi connectivity index (χ3n) is 7.67. The molecule has 0 aliphatic carbocycles. The second-order valence-corrected chi connectivity index (χ2v) is 9.88. The van der Waals surface area contributed by atoms with Crippen molar-refractivity contribution in [3.05, 3.63) is 107 Å². The van der Waals surface area contributed by atoms with E-state index in [2.05, 4.69) is 22.4 Å². The summed E-state index contributed by atoms with van der Waals surface area (Å²) in [5.74, 6) is 1.92. The number of hydrogen-bond donors (Lipinski definition) is 1. The van der Waals surface area contributed by atoms with Crippen molar-refractivity contribution in [2.24, 2.45) is 0 Å². The lowest BCUT2D eigenvalue weighted by Gasteiger charge is -2.26. The maximum Gasteiger partial charge on any atom is 0.246 e. The summed E-state index contributed by atoms with van der Waals surface area (Å²) in [6.45, 7) is 4.20. The van der Waals surface area contributed by atoms with Crippen molar-refractivity contribution < 1.29 is 19.0 Å². The molecule has 4 aromatic rings. The molecule has 4 heterocycles. The smallest absolute Gasteiger partial charge is 0.246 e. The lowest BCUT2D eigenvalue weighted by molar-refractivity contribution is -0.122. The summed E-state index contributed by atoms with van der Waals surface area (Å²) in [4.78, 5) is 21.0. The largest absolute Gasteiger partial charge is 0.491 e. The molecule has 0 bridgehead atoms. The molecular weight excluding hydrogens is 478 g/mol. The van der Waals surface area contributed by atoms with E-state index in [1.165, 1.54) is 0 Å². The summed E-state index contributed by atoms with van der Waals surface area (Å²) in [6, 6.07) is 24.0. The lowest BCUT2D eigenvalue weighted by Crippen LogP contribution is -2.42. The van der Waals surface area contributed by atoms with Crippen LogP contribution in [0.15, 0.2) is 79.0 Å². The van der Waals surface area contributed by atoms with Crippen LogP contribution in [-0.2, 0) is 23.3 Å². The topological polar surface area (TPSA) is 72.9 Å². The number of carbonyl (C=O) groups is 1. The molecule has 190 valence electrons. The molecule has 1 spiro atoms. The van der Waals surface area contributed by atoms with Crippen molar-refractivity contribution in [3.8, 4) is 17.2 Å². The Kier molecular flexibility index (Phi) is 5.25. The molecule has 7 heteroatoms. The number of pyridine rings is 1. The molecule has 3 aliphatic rings. The molecule has 0 unspecified atom stereocenters. The zero-order valence-corrected chi connectivity index (χ0v) is 21.1. The van der Waals surface area contributed by atoms with Gasteiger partial charge in [-0.2, -0.15) is 0 Å². The number of aryl methyl sites for hydroxylation is 1. The van der Waals surface area contributed by atoms with E-state index in [0.717, 1.165) is 39.3 Å². The van der Waals surface area contributed by atoms with Gasteiger partial charge in [0.2, 0.25) is 5.91 Å². The second kappa shape index (κ2) is 8.80. The molecule has 1 aromatic heterocycles. The Balaban J connectivity index is 1.38. The number of benzene rings is 3. The highest BCUT2D eigenvalue weighted by atomic mass is 16.6. The Labute approximate surface area is 221 Å². The fourth-order valence-electron chi connectivity index (χ4n) is 5.76. The zero-order valence-electron chi connectivity index (χ0n) is 21.1. The Morgan fingerprint density at radius 2 is 1.74 bits per heavy atom. The quantitative estimate of drug-likeness (QED) is 0.412. The van der Waals surface area contributed by atoms with Gasteiger partial charge >= 0.3 is 0 Å². The Morgan fingerprint density at radius 1 is 0.921 bits per heavy atom. The SMILES string of the molecule is Cc1cccnc1CN1C(=O)[C@]2(COc3cc4c(cc32)OCCO4)c2c(NCc3ccccc3)cccc21. The molecule has 7 nitrogen and oxygen atoms in total. The number of aromatic nitrogens is 1. The number of rotatable bonds is 5. The highest BCUT2D eigenvalue weighted by Crippen LogP contribution is 2.57. The summed E-state index contributed by atoms with van der Waals surface area (Å²) < 4.78 is 18.0. The van der Waals surface area contributed by atoms with Crippen LogP contribution in [0.5, 0.6) is 17.2 Å². The zero-order chi connectivity index (χ0) is 25.7. The summed E-state index contributed by atoms with van der Waals surface area (Å²) in [5, 5.41) is 3.62. The fraction of sp³-hybridized carbons (Fsp3) is 0.226. The van der Waals surface area contributed by atoms with Crippen molar-refractivity contribution in [1.29, 1.82) is 0 Å². The standard InChI is InChI=1S/C31H27N3O4/c1-20-7-6-12-32-24(20)18-34-25-11-5-10-23(33-17-21-8-3-2-4-9-21)29(25)31(30(34)35)19-38-26-16-28-27(15-22(26)31)36-13-14-37-28/h2-12,15-16,33H,13-14,17-19H2,1H3/t31-/m0/s1. The van der Waals surface area contributed by atoms with Crippen LogP contribution in [0.1, 0.15) is 27.9 Å². The number of fused-ring (bicyclic) bond motifs is 5. The van der Waals surface area contributed by atoms with Crippen LogP contribution in [0.25, 0.3) is 0 Å². The molecule has 3 aromatic carbocycles. The average molecular weight is 506 g/mol. The van der Waals surface area contributed by atoms with E-state index < -0.39 is 5.41 Å². The van der Waals surface area contributed by atoms with Gasteiger partial charge in [0.25, 0.3) is 0 Å². The first-order valence-corrected chi connectivity index (χ1v) is 12.9. The molecule has 1 atom stereocenters. The number of hydrogen-bond acceptors (Lipinski definition) is 6. The van der Waals surface area contributed by atoms with Gasteiger partial charge in [0.05, 0.1) is 17.9 Å². The van der Waals surface area contributed by atoms with Crippen molar-refractivity contribution in [2.75, 3.05) is 30.0 Å². The number of nitrogens with zero attached hydrogens (tertiary/aromatic N) is 2. The van der Waals surface area contributed by atoms with Crippen molar-refractivity contribution >= 4 is 17.3 Å². The first-order chi connectivity index (χ1) is 18.6. The molecule has 7 rings (SSSR count). The number of amides is 1. The maximum atomic E-state index is 14.6. The molecule has 0 saturated carbocycles. The van der Waals surface area contributed by atoms with Gasteiger partial charge in [-0.3, -0.25) is 9.78 Å². The van der Waals surface area contributed by atoms with Gasteiger partial charge < -0.3 is 24.4 Å². The summed E-state index contributed by atoms with van der Waals surface area (Å²) in [5.41, 5.74) is 5.57. The van der Waals surface area contributed by atoms with Crippen LogP contribution in [0.4, 0.5) is 11.4 Å². The van der Waals surface area contributed by atoms with Crippen LogP contribution in [0.2, 0.25) is 0 Å². The lowest BCUT2D eigenvalue weighted by atomic mass is 9.76. The minimum atomic E-state index is -1.01. The minimum absolute atomic E-state index is 0.0260. The van der Waals surface area contributed by atoms with E-state index in [1.54, 1.807) is 6.20 Å². The van der Waals surface area contributed by atoms with Crippen LogP contribution in [-0.4, -0.2) is 30.7 Å². The number of anilines is 2.